The highest BCUT2D eigenvalue weighted by molar-refractivity contribution is 6.06. The number of nitrogens with zero attached hydrogens (tertiary/aromatic N) is 3. The number of benzene rings is 1. The largest absolute Gasteiger partial charge is 0.294 e. The van der Waals surface area contributed by atoms with Gasteiger partial charge in [0, 0.05) is 36.8 Å². The maximum Gasteiger partial charge on any atom is 0.169 e. The molecule has 0 aliphatic carbocycles. The molecule has 2 heterocycles. The van der Waals surface area contributed by atoms with Crippen LogP contribution < -0.4 is 0 Å². The molecular formula is C15H11N3O. The fourth-order valence-corrected chi connectivity index (χ4v) is 2.00. The first-order valence-corrected chi connectivity index (χ1v) is 5.96. The number of para-hydroxylation sites is 1. The number of rotatable bonds is 3. The lowest BCUT2D eigenvalue weighted by atomic mass is 10.0. The monoisotopic (exact) mass is 249 g/mol. The van der Waals surface area contributed by atoms with Crippen molar-refractivity contribution >= 4 is 16.8 Å². The fraction of sp³-hybridized carbons (Fsp3) is 0.0667. The minimum absolute atomic E-state index is 0.0392. The van der Waals surface area contributed by atoms with E-state index in [2.05, 4.69) is 15.0 Å². The first-order chi connectivity index (χ1) is 9.34. The number of Topliss-reactive ketones (excluding diaryl/α,β-unsaturated/α-hetero) is 1. The van der Waals surface area contributed by atoms with Crippen molar-refractivity contribution in [3.8, 4) is 0 Å². The molecular weight excluding hydrogens is 238 g/mol. The van der Waals surface area contributed by atoms with Crippen LogP contribution >= 0.6 is 0 Å². The Bertz CT molecular complexity index is 720. The van der Waals surface area contributed by atoms with Gasteiger partial charge in [-0.25, -0.2) is 0 Å². The van der Waals surface area contributed by atoms with Gasteiger partial charge in [0.25, 0.3) is 0 Å². The van der Waals surface area contributed by atoms with Crippen molar-refractivity contribution in [2.24, 2.45) is 0 Å². The van der Waals surface area contributed by atoms with Gasteiger partial charge in [0.1, 0.15) is 0 Å². The highest BCUT2D eigenvalue weighted by Gasteiger charge is 2.11. The Kier molecular flexibility index (Phi) is 2.98. The summed E-state index contributed by atoms with van der Waals surface area (Å²) in [6.07, 6.45) is 6.94. The zero-order chi connectivity index (χ0) is 13.1. The van der Waals surface area contributed by atoms with Crippen LogP contribution in [-0.2, 0) is 6.42 Å². The molecule has 0 saturated carbocycles. The summed E-state index contributed by atoms with van der Waals surface area (Å²) in [7, 11) is 0. The summed E-state index contributed by atoms with van der Waals surface area (Å²) in [4.78, 5) is 24.7. The second-order valence-electron chi connectivity index (χ2n) is 4.19. The van der Waals surface area contributed by atoms with Gasteiger partial charge in [-0.2, -0.15) is 0 Å². The fourth-order valence-electron chi connectivity index (χ4n) is 2.00. The van der Waals surface area contributed by atoms with Crippen LogP contribution in [0.5, 0.6) is 0 Å². The predicted octanol–water partition coefficient (Wildman–Crippen LogP) is 2.45. The molecule has 0 fully saturated rings. The van der Waals surface area contributed by atoms with Crippen LogP contribution in [0.15, 0.2) is 55.1 Å². The summed E-state index contributed by atoms with van der Waals surface area (Å²) in [5.41, 5.74) is 2.95. The third-order valence-electron chi connectivity index (χ3n) is 2.91. The van der Waals surface area contributed by atoms with Crippen molar-refractivity contribution in [3.05, 3.63) is 66.2 Å². The average Bonchev–Trinajstić information content (AvgIpc) is 2.47. The van der Waals surface area contributed by atoms with Crippen molar-refractivity contribution in [1.29, 1.82) is 0 Å². The molecule has 3 rings (SSSR count). The number of fused-ring (bicyclic) bond motifs is 1. The molecule has 0 saturated heterocycles. The SMILES string of the molecule is O=C(Cc1ccncc1)c1cccc2nccnc12. The molecule has 0 aliphatic rings. The molecule has 0 aliphatic heterocycles. The van der Waals surface area contributed by atoms with E-state index in [0.717, 1.165) is 11.1 Å². The molecule has 0 N–H and O–H groups in total. The topological polar surface area (TPSA) is 55.7 Å². The van der Waals surface area contributed by atoms with E-state index >= 15 is 0 Å². The van der Waals surface area contributed by atoms with Crippen molar-refractivity contribution in [2.75, 3.05) is 0 Å². The van der Waals surface area contributed by atoms with Crippen LogP contribution in [0.1, 0.15) is 15.9 Å². The maximum absolute atomic E-state index is 12.3. The van der Waals surface area contributed by atoms with Gasteiger partial charge in [0.05, 0.1) is 11.0 Å². The van der Waals surface area contributed by atoms with Crippen LogP contribution in [0.3, 0.4) is 0 Å². The third-order valence-corrected chi connectivity index (χ3v) is 2.91. The Morgan fingerprint density at radius 1 is 0.947 bits per heavy atom. The number of pyridine rings is 1. The Hall–Kier alpha value is -2.62. The Morgan fingerprint density at radius 2 is 1.74 bits per heavy atom. The first kappa shape index (κ1) is 11.5. The summed E-state index contributed by atoms with van der Waals surface area (Å²) in [5.74, 6) is 0.0392. The van der Waals surface area contributed by atoms with E-state index in [1.807, 2.05) is 24.3 Å². The maximum atomic E-state index is 12.3. The number of carbonyl (C=O) groups is 1. The first-order valence-electron chi connectivity index (χ1n) is 5.96. The van der Waals surface area contributed by atoms with E-state index < -0.39 is 0 Å². The summed E-state index contributed by atoms with van der Waals surface area (Å²) >= 11 is 0. The van der Waals surface area contributed by atoms with E-state index in [-0.39, 0.29) is 5.78 Å². The molecule has 19 heavy (non-hydrogen) atoms. The number of hydrogen-bond acceptors (Lipinski definition) is 4. The molecule has 0 amide bonds. The summed E-state index contributed by atoms with van der Waals surface area (Å²) in [6, 6.07) is 9.16. The second-order valence-corrected chi connectivity index (χ2v) is 4.19. The van der Waals surface area contributed by atoms with Gasteiger partial charge < -0.3 is 0 Å². The van der Waals surface area contributed by atoms with Gasteiger partial charge in [-0.05, 0) is 29.8 Å². The van der Waals surface area contributed by atoms with Crippen LogP contribution in [-0.4, -0.2) is 20.7 Å². The summed E-state index contributed by atoms with van der Waals surface area (Å²) < 4.78 is 0. The smallest absolute Gasteiger partial charge is 0.169 e. The normalized spacial score (nSPS) is 10.5. The quantitative estimate of drug-likeness (QED) is 0.669. The molecule has 0 unspecified atom stereocenters. The lowest BCUT2D eigenvalue weighted by Crippen LogP contribution is -2.05. The number of hydrogen-bond donors (Lipinski definition) is 0. The zero-order valence-electron chi connectivity index (χ0n) is 10.2. The van der Waals surface area contributed by atoms with E-state index in [1.54, 1.807) is 30.9 Å². The number of ketones is 1. The van der Waals surface area contributed by atoms with Crippen LogP contribution in [0.25, 0.3) is 11.0 Å². The Morgan fingerprint density at radius 3 is 2.58 bits per heavy atom. The molecule has 0 bridgehead atoms. The van der Waals surface area contributed by atoms with Gasteiger partial charge in [0.15, 0.2) is 5.78 Å². The molecule has 0 radical (unpaired) electrons. The average molecular weight is 249 g/mol. The highest BCUT2D eigenvalue weighted by atomic mass is 16.1. The van der Waals surface area contributed by atoms with Crippen molar-refractivity contribution < 1.29 is 4.79 Å². The molecule has 1 aromatic carbocycles. The van der Waals surface area contributed by atoms with Gasteiger partial charge in [-0.1, -0.05) is 6.07 Å². The molecule has 3 aromatic rings. The van der Waals surface area contributed by atoms with E-state index in [9.17, 15) is 4.79 Å². The molecule has 92 valence electrons. The standard InChI is InChI=1S/C15H11N3O/c19-14(10-11-4-6-16-7-5-11)12-2-1-3-13-15(12)18-9-8-17-13/h1-9H,10H2. The highest BCUT2D eigenvalue weighted by Crippen LogP contribution is 2.16. The van der Waals surface area contributed by atoms with Gasteiger partial charge in [-0.15, -0.1) is 0 Å². The van der Waals surface area contributed by atoms with Crippen LogP contribution in [0.4, 0.5) is 0 Å². The van der Waals surface area contributed by atoms with Crippen LogP contribution in [0.2, 0.25) is 0 Å². The van der Waals surface area contributed by atoms with Crippen molar-refractivity contribution in [2.45, 2.75) is 6.42 Å². The van der Waals surface area contributed by atoms with E-state index in [0.29, 0.717) is 17.5 Å². The minimum atomic E-state index is 0.0392. The van der Waals surface area contributed by atoms with Gasteiger partial charge in [-0.3, -0.25) is 19.7 Å². The van der Waals surface area contributed by atoms with Crippen molar-refractivity contribution in [3.63, 3.8) is 0 Å². The van der Waals surface area contributed by atoms with Crippen molar-refractivity contribution in [1.82, 2.24) is 15.0 Å². The number of aromatic nitrogens is 3. The summed E-state index contributed by atoms with van der Waals surface area (Å²) in [5, 5.41) is 0. The zero-order valence-corrected chi connectivity index (χ0v) is 10.2. The minimum Gasteiger partial charge on any atom is -0.294 e. The molecule has 0 atom stereocenters. The van der Waals surface area contributed by atoms with Gasteiger partial charge in [0.2, 0.25) is 0 Å². The number of carbonyl (C=O) groups excluding carboxylic acids is 1. The van der Waals surface area contributed by atoms with E-state index in [1.165, 1.54) is 0 Å². The van der Waals surface area contributed by atoms with Crippen LogP contribution in [0, 0.1) is 0 Å². The second kappa shape index (κ2) is 4.94. The third kappa shape index (κ3) is 2.33. The molecule has 0 spiro atoms. The Labute approximate surface area is 110 Å². The van der Waals surface area contributed by atoms with Gasteiger partial charge >= 0.3 is 0 Å². The van der Waals surface area contributed by atoms with E-state index in [4.69, 9.17) is 0 Å². The lowest BCUT2D eigenvalue weighted by Gasteiger charge is -2.04. The lowest BCUT2D eigenvalue weighted by molar-refractivity contribution is 0.0994. The predicted molar refractivity (Wildman–Crippen MR) is 71.8 cm³/mol. The molecule has 4 nitrogen and oxygen atoms in total. The summed E-state index contributed by atoms with van der Waals surface area (Å²) in [6.45, 7) is 0. The molecule has 4 heteroatoms. The molecule has 2 aromatic heterocycles. The Balaban J connectivity index is 1.98.